The third kappa shape index (κ3) is 4.13. The van der Waals surface area contributed by atoms with Crippen LogP contribution in [-0.4, -0.2) is 9.13 Å². The maximum Gasteiger partial charge on any atom is 0.0991 e. The standard InChI is InChI=1S/C39H26N4/c1-2-28-33-25-27(26-41)22-23-39(33)42(34(28)21-11-12-24-40)35-17-7-3-13-29(35)30-14-4-8-18-36(30)43-37-19-9-5-15-31(37)32-16-6-10-20-38(32)43/h2-11,13-23,25H,1,12H2/b21-11-. The van der Waals surface area contributed by atoms with E-state index in [1.54, 1.807) is 0 Å². The number of allylic oxidation sites excluding steroid dienone is 1. The SMILES string of the molecule is C=Cc1c(/C=C\CC#N)n(-c2ccccc2-c2ccccc2-n2c3ccccc3c3ccccc32)c2ccc(C#N)cc12. The molecule has 0 aliphatic carbocycles. The van der Waals surface area contributed by atoms with Crippen molar-refractivity contribution in [2.75, 3.05) is 0 Å². The van der Waals surface area contributed by atoms with E-state index in [-0.39, 0.29) is 0 Å². The highest BCUT2D eigenvalue weighted by Gasteiger charge is 2.21. The van der Waals surface area contributed by atoms with E-state index in [0.717, 1.165) is 55.7 Å². The quantitative estimate of drug-likeness (QED) is 0.207. The minimum absolute atomic E-state index is 0.291. The van der Waals surface area contributed by atoms with Gasteiger partial charge < -0.3 is 9.13 Å². The summed E-state index contributed by atoms with van der Waals surface area (Å²) in [5.41, 5.74) is 9.92. The third-order valence-electron chi connectivity index (χ3n) is 8.02. The molecule has 7 aromatic rings. The largest absolute Gasteiger partial charge is 0.309 e. The molecule has 202 valence electrons. The van der Waals surface area contributed by atoms with Gasteiger partial charge in [-0.25, -0.2) is 0 Å². The van der Waals surface area contributed by atoms with E-state index in [9.17, 15) is 10.5 Å². The van der Waals surface area contributed by atoms with Crippen LogP contribution in [0.2, 0.25) is 0 Å². The van der Waals surface area contributed by atoms with Crippen molar-refractivity contribution in [2.45, 2.75) is 6.42 Å². The number of hydrogen-bond acceptors (Lipinski definition) is 2. The number of benzene rings is 5. The van der Waals surface area contributed by atoms with Crippen molar-refractivity contribution in [3.63, 3.8) is 0 Å². The molecule has 5 aromatic carbocycles. The molecule has 43 heavy (non-hydrogen) atoms. The van der Waals surface area contributed by atoms with Crippen LogP contribution in [0.3, 0.4) is 0 Å². The summed E-state index contributed by atoms with van der Waals surface area (Å²) < 4.78 is 4.58. The van der Waals surface area contributed by atoms with Gasteiger partial charge in [0.1, 0.15) is 0 Å². The van der Waals surface area contributed by atoms with Gasteiger partial charge in [-0.15, -0.1) is 0 Å². The van der Waals surface area contributed by atoms with Gasteiger partial charge in [-0.2, -0.15) is 10.5 Å². The fraction of sp³-hybridized carbons (Fsp3) is 0.0256. The van der Waals surface area contributed by atoms with E-state index < -0.39 is 0 Å². The number of rotatable bonds is 6. The first kappa shape index (κ1) is 25.8. The fourth-order valence-corrected chi connectivity index (χ4v) is 6.24. The molecule has 4 heteroatoms. The van der Waals surface area contributed by atoms with Crippen molar-refractivity contribution < 1.29 is 0 Å². The van der Waals surface area contributed by atoms with Crippen molar-refractivity contribution in [3.8, 4) is 34.6 Å². The highest BCUT2D eigenvalue weighted by Crippen LogP contribution is 2.40. The zero-order valence-electron chi connectivity index (χ0n) is 23.4. The van der Waals surface area contributed by atoms with Crippen LogP contribution in [0.25, 0.3) is 67.4 Å². The number of aromatic nitrogens is 2. The minimum atomic E-state index is 0.291. The van der Waals surface area contributed by atoms with Gasteiger partial charge in [0.2, 0.25) is 0 Å². The molecule has 0 aliphatic heterocycles. The molecular formula is C39H26N4. The van der Waals surface area contributed by atoms with Gasteiger partial charge in [0.05, 0.1) is 57.7 Å². The van der Waals surface area contributed by atoms with Gasteiger partial charge in [-0.05, 0) is 48.5 Å². The van der Waals surface area contributed by atoms with Gasteiger partial charge >= 0.3 is 0 Å². The molecule has 4 nitrogen and oxygen atoms in total. The van der Waals surface area contributed by atoms with Crippen molar-refractivity contribution >= 4 is 44.9 Å². The maximum atomic E-state index is 9.66. The average molecular weight is 551 g/mol. The molecule has 2 heterocycles. The maximum absolute atomic E-state index is 9.66. The Kier molecular flexibility index (Phi) is 6.44. The van der Waals surface area contributed by atoms with Crippen LogP contribution in [0.5, 0.6) is 0 Å². The summed E-state index contributed by atoms with van der Waals surface area (Å²) in [6, 6.07) is 44.3. The Balaban J connectivity index is 1.55. The van der Waals surface area contributed by atoms with Crippen LogP contribution < -0.4 is 0 Å². The van der Waals surface area contributed by atoms with Crippen LogP contribution in [0.15, 0.2) is 128 Å². The Morgan fingerprint density at radius 1 is 0.628 bits per heavy atom. The molecule has 0 radical (unpaired) electrons. The van der Waals surface area contributed by atoms with Crippen LogP contribution in [0.1, 0.15) is 23.2 Å². The topological polar surface area (TPSA) is 57.4 Å². The van der Waals surface area contributed by atoms with Gasteiger partial charge in [-0.3, -0.25) is 0 Å². The Bertz CT molecular complexity index is 2260. The molecule has 0 unspecified atom stereocenters. The zero-order chi connectivity index (χ0) is 29.3. The van der Waals surface area contributed by atoms with E-state index in [1.165, 1.54) is 10.8 Å². The monoisotopic (exact) mass is 550 g/mol. The summed E-state index contributed by atoms with van der Waals surface area (Å²) >= 11 is 0. The second-order valence-corrected chi connectivity index (χ2v) is 10.4. The molecule has 0 saturated heterocycles. The van der Waals surface area contributed by atoms with Crippen molar-refractivity contribution in [2.24, 2.45) is 0 Å². The number of para-hydroxylation sites is 4. The average Bonchev–Trinajstić information content (AvgIpc) is 3.56. The highest BCUT2D eigenvalue weighted by molar-refractivity contribution is 6.10. The summed E-state index contributed by atoms with van der Waals surface area (Å²) in [5.74, 6) is 0. The van der Waals surface area contributed by atoms with Gasteiger partial charge in [0.15, 0.2) is 0 Å². The molecule has 0 spiro atoms. The number of nitriles is 2. The Morgan fingerprint density at radius 3 is 1.79 bits per heavy atom. The first-order valence-electron chi connectivity index (χ1n) is 14.2. The van der Waals surface area contributed by atoms with Gasteiger partial charge in [-0.1, -0.05) is 91.5 Å². The van der Waals surface area contributed by atoms with Crippen LogP contribution >= 0.6 is 0 Å². The molecule has 0 bridgehead atoms. The summed E-state index contributed by atoms with van der Waals surface area (Å²) in [5, 5.41) is 22.3. The first-order valence-corrected chi connectivity index (χ1v) is 14.2. The molecule has 0 aliphatic rings. The van der Waals surface area contributed by atoms with Gasteiger partial charge in [0.25, 0.3) is 0 Å². The van der Waals surface area contributed by atoms with Gasteiger partial charge in [0, 0.05) is 32.8 Å². The predicted molar refractivity (Wildman–Crippen MR) is 177 cm³/mol. The van der Waals surface area contributed by atoms with Crippen molar-refractivity contribution in [1.29, 1.82) is 10.5 Å². The molecule has 2 aromatic heterocycles. The van der Waals surface area contributed by atoms with E-state index >= 15 is 0 Å². The Morgan fingerprint density at radius 2 is 1.19 bits per heavy atom. The van der Waals surface area contributed by atoms with E-state index in [2.05, 4.69) is 119 Å². The second-order valence-electron chi connectivity index (χ2n) is 10.4. The smallest absolute Gasteiger partial charge is 0.0991 e. The number of nitrogens with zero attached hydrogens (tertiary/aromatic N) is 4. The van der Waals surface area contributed by atoms with Crippen molar-refractivity contribution in [1.82, 2.24) is 9.13 Å². The lowest BCUT2D eigenvalue weighted by Crippen LogP contribution is -2.02. The van der Waals surface area contributed by atoms with E-state index in [1.807, 2.05) is 42.5 Å². The zero-order valence-corrected chi connectivity index (χ0v) is 23.4. The molecule has 7 rings (SSSR count). The van der Waals surface area contributed by atoms with E-state index in [0.29, 0.717) is 12.0 Å². The van der Waals surface area contributed by atoms with Crippen molar-refractivity contribution in [3.05, 3.63) is 145 Å². The van der Waals surface area contributed by atoms with Crippen LogP contribution in [0, 0.1) is 22.7 Å². The first-order chi connectivity index (χ1) is 21.2. The Hall–Kier alpha value is -6.10. The summed E-state index contributed by atoms with van der Waals surface area (Å²) in [6.07, 6.45) is 5.99. The summed E-state index contributed by atoms with van der Waals surface area (Å²) in [6.45, 7) is 4.12. The lowest BCUT2D eigenvalue weighted by Gasteiger charge is -2.19. The number of fused-ring (bicyclic) bond motifs is 4. The highest BCUT2D eigenvalue weighted by atomic mass is 15.0. The second kappa shape index (κ2) is 10.7. The van der Waals surface area contributed by atoms with E-state index in [4.69, 9.17) is 0 Å². The fourth-order valence-electron chi connectivity index (χ4n) is 6.24. The minimum Gasteiger partial charge on any atom is -0.309 e. The normalized spacial score (nSPS) is 11.3. The molecular weight excluding hydrogens is 524 g/mol. The van der Waals surface area contributed by atoms with Crippen LogP contribution in [0.4, 0.5) is 0 Å². The number of hydrogen-bond donors (Lipinski definition) is 0. The lowest BCUT2D eigenvalue weighted by molar-refractivity contribution is 1.10. The predicted octanol–water partition coefficient (Wildman–Crippen LogP) is 9.84. The van der Waals surface area contributed by atoms with Crippen LogP contribution in [-0.2, 0) is 0 Å². The summed E-state index contributed by atoms with van der Waals surface area (Å²) in [7, 11) is 0. The molecule has 0 saturated carbocycles. The molecule has 0 amide bonds. The molecule has 0 fully saturated rings. The third-order valence-corrected chi connectivity index (χ3v) is 8.02. The molecule has 0 atom stereocenters. The lowest BCUT2D eigenvalue weighted by atomic mass is 10.0. The molecule has 0 N–H and O–H groups in total. The summed E-state index contributed by atoms with van der Waals surface area (Å²) in [4.78, 5) is 0. The Labute approximate surface area is 249 Å².